The van der Waals surface area contributed by atoms with E-state index in [0.717, 1.165) is 4.68 Å². The molecule has 1 atom stereocenters. The van der Waals surface area contributed by atoms with E-state index in [1.54, 1.807) is 6.92 Å². The molecular formula is C8H13F2N3O2. The van der Waals surface area contributed by atoms with Gasteiger partial charge in [0.2, 0.25) is 0 Å². The van der Waals surface area contributed by atoms with Crippen molar-refractivity contribution < 1.29 is 18.6 Å². The van der Waals surface area contributed by atoms with E-state index in [1.807, 2.05) is 0 Å². The normalized spacial score (nSPS) is 13.5. The van der Waals surface area contributed by atoms with Crippen molar-refractivity contribution >= 4 is 0 Å². The van der Waals surface area contributed by atoms with Crippen LogP contribution in [-0.2, 0) is 17.9 Å². The van der Waals surface area contributed by atoms with Crippen molar-refractivity contribution in [1.29, 1.82) is 0 Å². The molecule has 86 valence electrons. The molecule has 1 rings (SSSR count). The molecule has 0 saturated carbocycles. The summed E-state index contributed by atoms with van der Waals surface area (Å²) in [5, 5.41) is 16.1. The van der Waals surface area contributed by atoms with Gasteiger partial charge in [-0.3, -0.25) is 0 Å². The Hall–Kier alpha value is -1.08. The van der Waals surface area contributed by atoms with Gasteiger partial charge < -0.3 is 9.84 Å². The van der Waals surface area contributed by atoms with Crippen LogP contribution in [0.5, 0.6) is 0 Å². The first-order valence-corrected chi connectivity index (χ1v) is 4.44. The van der Waals surface area contributed by atoms with Crippen molar-refractivity contribution in [3.8, 4) is 0 Å². The van der Waals surface area contributed by atoms with Crippen LogP contribution in [0.1, 0.15) is 24.4 Å². The Morgan fingerprint density at radius 2 is 2.20 bits per heavy atom. The molecule has 0 radical (unpaired) electrons. The van der Waals surface area contributed by atoms with Gasteiger partial charge in [0.15, 0.2) is 0 Å². The third kappa shape index (κ3) is 2.69. The molecule has 0 aliphatic heterocycles. The summed E-state index contributed by atoms with van der Waals surface area (Å²) in [5.74, 6) is 0. The van der Waals surface area contributed by atoms with E-state index in [-0.39, 0.29) is 12.3 Å². The SMILES string of the molecule is COC(C)c1c(CO)nnn1CC(F)F. The second kappa shape index (κ2) is 5.13. The topological polar surface area (TPSA) is 60.2 Å². The van der Waals surface area contributed by atoms with Gasteiger partial charge in [0.25, 0.3) is 6.43 Å². The van der Waals surface area contributed by atoms with Crippen molar-refractivity contribution in [1.82, 2.24) is 15.0 Å². The number of methoxy groups -OCH3 is 1. The van der Waals surface area contributed by atoms with Crippen LogP contribution in [0, 0.1) is 0 Å². The fourth-order valence-electron chi connectivity index (χ4n) is 1.29. The maximum atomic E-state index is 12.2. The molecule has 1 aromatic heterocycles. The van der Waals surface area contributed by atoms with Crippen LogP contribution in [0.15, 0.2) is 0 Å². The van der Waals surface area contributed by atoms with E-state index in [1.165, 1.54) is 7.11 Å². The Bertz CT molecular complexity index is 317. The smallest absolute Gasteiger partial charge is 0.257 e. The van der Waals surface area contributed by atoms with Crippen LogP contribution in [-0.4, -0.2) is 33.6 Å². The number of rotatable bonds is 5. The lowest BCUT2D eigenvalue weighted by molar-refractivity contribution is 0.0923. The van der Waals surface area contributed by atoms with Crippen molar-refractivity contribution in [2.75, 3.05) is 7.11 Å². The zero-order valence-corrected chi connectivity index (χ0v) is 8.52. The summed E-state index contributed by atoms with van der Waals surface area (Å²) < 4.78 is 30.4. The van der Waals surface area contributed by atoms with Crippen LogP contribution < -0.4 is 0 Å². The van der Waals surface area contributed by atoms with E-state index in [9.17, 15) is 8.78 Å². The second-order valence-corrected chi connectivity index (χ2v) is 3.03. The highest BCUT2D eigenvalue weighted by atomic mass is 19.3. The van der Waals surface area contributed by atoms with Crippen LogP contribution in [0.25, 0.3) is 0 Å². The third-order valence-electron chi connectivity index (χ3n) is 2.05. The van der Waals surface area contributed by atoms with E-state index in [4.69, 9.17) is 9.84 Å². The summed E-state index contributed by atoms with van der Waals surface area (Å²) in [4.78, 5) is 0. The fourth-order valence-corrected chi connectivity index (χ4v) is 1.29. The standard InChI is InChI=1S/C8H13F2N3O2/c1-5(15-2)8-6(4-14)11-12-13(8)3-7(9)10/h5,7,14H,3-4H2,1-2H3. The van der Waals surface area contributed by atoms with Crippen LogP contribution in [0.2, 0.25) is 0 Å². The van der Waals surface area contributed by atoms with Crippen molar-refractivity contribution in [2.45, 2.75) is 32.6 Å². The molecule has 0 saturated heterocycles. The largest absolute Gasteiger partial charge is 0.390 e. The fraction of sp³-hybridized carbons (Fsp3) is 0.750. The van der Waals surface area contributed by atoms with Gasteiger partial charge in [-0.15, -0.1) is 5.10 Å². The maximum absolute atomic E-state index is 12.2. The molecule has 0 spiro atoms. The molecule has 0 amide bonds. The first-order valence-electron chi connectivity index (χ1n) is 4.44. The Morgan fingerprint density at radius 3 is 2.67 bits per heavy atom. The summed E-state index contributed by atoms with van der Waals surface area (Å²) in [7, 11) is 1.45. The van der Waals surface area contributed by atoms with Crippen molar-refractivity contribution in [3.63, 3.8) is 0 Å². The summed E-state index contributed by atoms with van der Waals surface area (Å²) >= 11 is 0. The Morgan fingerprint density at radius 1 is 1.53 bits per heavy atom. The minimum absolute atomic E-state index is 0.269. The molecule has 5 nitrogen and oxygen atoms in total. The molecular weight excluding hydrogens is 208 g/mol. The molecule has 0 aromatic carbocycles. The molecule has 0 bridgehead atoms. The average Bonchev–Trinajstić information content (AvgIpc) is 2.58. The summed E-state index contributed by atoms with van der Waals surface area (Å²) in [6.07, 6.45) is -2.94. The summed E-state index contributed by atoms with van der Waals surface area (Å²) in [5.41, 5.74) is 0.658. The summed E-state index contributed by atoms with van der Waals surface area (Å²) in [6.45, 7) is 0.794. The lowest BCUT2D eigenvalue weighted by atomic mass is 10.2. The molecule has 7 heteroatoms. The van der Waals surface area contributed by atoms with E-state index in [0.29, 0.717) is 5.69 Å². The number of hydrogen-bond donors (Lipinski definition) is 1. The zero-order valence-electron chi connectivity index (χ0n) is 8.52. The monoisotopic (exact) mass is 221 g/mol. The molecule has 1 N–H and O–H groups in total. The summed E-state index contributed by atoms with van der Waals surface area (Å²) in [6, 6.07) is 0. The van der Waals surface area contributed by atoms with Gasteiger partial charge in [-0.2, -0.15) is 0 Å². The van der Waals surface area contributed by atoms with Crippen LogP contribution >= 0.6 is 0 Å². The van der Waals surface area contributed by atoms with Crippen molar-refractivity contribution in [3.05, 3.63) is 11.4 Å². The van der Waals surface area contributed by atoms with Crippen molar-refractivity contribution in [2.24, 2.45) is 0 Å². The van der Waals surface area contributed by atoms with E-state index < -0.39 is 19.1 Å². The first kappa shape index (κ1) is 12.0. The average molecular weight is 221 g/mol. The minimum Gasteiger partial charge on any atom is -0.390 e. The van der Waals surface area contributed by atoms with Gasteiger partial charge in [-0.1, -0.05) is 5.21 Å². The Labute approximate surface area is 85.7 Å². The highest BCUT2D eigenvalue weighted by molar-refractivity contribution is 5.12. The van der Waals surface area contributed by atoms with Crippen LogP contribution in [0.3, 0.4) is 0 Å². The van der Waals surface area contributed by atoms with E-state index >= 15 is 0 Å². The predicted octanol–water partition coefficient (Wildman–Crippen LogP) is 0.743. The molecule has 0 aliphatic rings. The molecule has 1 aromatic rings. The van der Waals surface area contributed by atoms with Gasteiger partial charge in [0.05, 0.1) is 18.4 Å². The molecule has 1 unspecified atom stereocenters. The number of alkyl halides is 2. The highest BCUT2D eigenvalue weighted by Crippen LogP contribution is 2.19. The van der Waals surface area contributed by atoms with Crippen LogP contribution in [0.4, 0.5) is 8.78 Å². The Balaban J connectivity index is 3.00. The quantitative estimate of drug-likeness (QED) is 0.796. The zero-order chi connectivity index (χ0) is 11.4. The van der Waals surface area contributed by atoms with Gasteiger partial charge in [-0.25, -0.2) is 13.5 Å². The molecule has 1 heterocycles. The van der Waals surface area contributed by atoms with Gasteiger partial charge in [-0.05, 0) is 6.92 Å². The number of halogens is 2. The lowest BCUT2D eigenvalue weighted by Crippen LogP contribution is -2.15. The first-order chi connectivity index (χ1) is 7.10. The van der Waals surface area contributed by atoms with Gasteiger partial charge >= 0.3 is 0 Å². The number of aliphatic hydroxyl groups is 1. The Kier molecular flexibility index (Phi) is 4.10. The van der Waals surface area contributed by atoms with Gasteiger partial charge in [0, 0.05) is 7.11 Å². The van der Waals surface area contributed by atoms with E-state index in [2.05, 4.69) is 10.3 Å². The number of aromatic nitrogens is 3. The lowest BCUT2D eigenvalue weighted by Gasteiger charge is -2.12. The number of ether oxygens (including phenoxy) is 1. The predicted molar refractivity (Wildman–Crippen MR) is 47.4 cm³/mol. The molecule has 15 heavy (non-hydrogen) atoms. The molecule has 0 fully saturated rings. The number of nitrogens with zero attached hydrogens (tertiary/aromatic N) is 3. The second-order valence-electron chi connectivity index (χ2n) is 3.03. The highest BCUT2D eigenvalue weighted by Gasteiger charge is 2.20. The number of hydrogen-bond acceptors (Lipinski definition) is 4. The minimum atomic E-state index is -2.51. The molecule has 0 aliphatic carbocycles. The third-order valence-corrected chi connectivity index (χ3v) is 2.05. The maximum Gasteiger partial charge on any atom is 0.257 e. The van der Waals surface area contributed by atoms with Gasteiger partial charge in [0.1, 0.15) is 12.2 Å². The number of aliphatic hydroxyl groups excluding tert-OH is 1.